The van der Waals surface area contributed by atoms with E-state index in [-0.39, 0.29) is 41.9 Å². The second kappa shape index (κ2) is 10.8. The Bertz CT molecular complexity index is 1030. The number of piperidine rings is 1. The van der Waals surface area contributed by atoms with Crippen molar-refractivity contribution in [3.63, 3.8) is 0 Å². The normalized spacial score (nSPS) is 17.6. The summed E-state index contributed by atoms with van der Waals surface area (Å²) in [7, 11) is 0. The molecular formula is C27H31FN2O4. The third kappa shape index (κ3) is 5.46. The quantitative estimate of drug-likeness (QED) is 0.562. The van der Waals surface area contributed by atoms with E-state index in [0.29, 0.717) is 38.2 Å². The summed E-state index contributed by atoms with van der Waals surface area (Å²) in [6.07, 6.45) is 3.12. The molecule has 6 nitrogen and oxygen atoms in total. The minimum Gasteiger partial charge on any atom is -0.466 e. The molecule has 2 aromatic rings. The standard InChI is InChI=1S/C27H31FN2O4/c1-2-34-26(32)18-24(19-8-10-22(28)11-9-19)20-12-15-29(16-13-20)27(33)21-5-3-6-23(17-21)30-14-4-7-25(30)31/h3,5-6,8-11,17,20,24H,2,4,7,12-16,18H2,1H3. The lowest BCUT2D eigenvalue weighted by molar-refractivity contribution is -0.144. The van der Waals surface area contributed by atoms with Crippen molar-refractivity contribution < 1.29 is 23.5 Å². The molecule has 0 bridgehead atoms. The Labute approximate surface area is 199 Å². The fourth-order valence-corrected chi connectivity index (χ4v) is 5.08. The maximum Gasteiger partial charge on any atom is 0.306 e. The van der Waals surface area contributed by atoms with E-state index >= 15 is 0 Å². The Morgan fingerprint density at radius 3 is 2.47 bits per heavy atom. The molecule has 4 rings (SSSR count). The number of carbonyl (C=O) groups excluding carboxylic acids is 3. The Hall–Kier alpha value is -3.22. The Balaban J connectivity index is 1.43. The molecule has 0 saturated carbocycles. The Kier molecular flexibility index (Phi) is 7.60. The van der Waals surface area contributed by atoms with Gasteiger partial charge in [0.25, 0.3) is 5.91 Å². The number of carbonyl (C=O) groups is 3. The number of likely N-dealkylation sites (tertiary alicyclic amines) is 1. The molecule has 2 amide bonds. The largest absolute Gasteiger partial charge is 0.466 e. The number of hydrogen-bond donors (Lipinski definition) is 0. The van der Waals surface area contributed by atoms with E-state index in [0.717, 1.165) is 30.5 Å². The van der Waals surface area contributed by atoms with Crippen LogP contribution in [0.25, 0.3) is 0 Å². The topological polar surface area (TPSA) is 66.9 Å². The van der Waals surface area contributed by atoms with Gasteiger partial charge in [0.05, 0.1) is 13.0 Å². The first kappa shape index (κ1) is 23.9. The smallest absolute Gasteiger partial charge is 0.306 e. The van der Waals surface area contributed by atoms with Gasteiger partial charge in [-0.2, -0.15) is 0 Å². The molecule has 1 atom stereocenters. The molecule has 0 aromatic heterocycles. The maximum atomic E-state index is 13.5. The van der Waals surface area contributed by atoms with E-state index < -0.39 is 0 Å². The van der Waals surface area contributed by atoms with Crippen LogP contribution in [0, 0.1) is 11.7 Å². The van der Waals surface area contributed by atoms with E-state index in [1.54, 1.807) is 36.1 Å². The molecule has 180 valence electrons. The number of halogens is 1. The van der Waals surface area contributed by atoms with Crippen LogP contribution in [0.15, 0.2) is 48.5 Å². The van der Waals surface area contributed by atoms with Crippen LogP contribution in [0.3, 0.4) is 0 Å². The van der Waals surface area contributed by atoms with Crippen molar-refractivity contribution in [1.29, 1.82) is 0 Å². The fourth-order valence-electron chi connectivity index (χ4n) is 5.08. The van der Waals surface area contributed by atoms with Crippen molar-refractivity contribution in [1.82, 2.24) is 4.90 Å². The number of amides is 2. The van der Waals surface area contributed by atoms with Crippen molar-refractivity contribution in [2.75, 3.05) is 31.1 Å². The number of hydrogen-bond acceptors (Lipinski definition) is 4. The maximum absolute atomic E-state index is 13.5. The van der Waals surface area contributed by atoms with Crippen molar-refractivity contribution in [3.05, 3.63) is 65.5 Å². The highest BCUT2D eigenvalue weighted by atomic mass is 19.1. The van der Waals surface area contributed by atoms with Crippen LogP contribution in [0.4, 0.5) is 10.1 Å². The van der Waals surface area contributed by atoms with Crippen LogP contribution < -0.4 is 4.90 Å². The van der Waals surface area contributed by atoms with E-state index in [9.17, 15) is 18.8 Å². The van der Waals surface area contributed by atoms with E-state index in [2.05, 4.69) is 0 Å². The van der Waals surface area contributed by atoms with Gasteiger partial charge in [-0.25, -0.2) is 4.39 Å². The Morgan fingerprint density at radius 2 is 1.82 bits per heavy atom. The van der Waals surface area contributed by atoms with Gasteiger partial charge in [-0.05, 0) is 73.9 Å². The summed E-state index contributed by atoms with van der Waals surface area (Å²) in [6.45, 7) is 3.95. The van der Waals surface area contributed by atoms with Crippen LogP contribution in [0.1, 0.15) is 60.9 Å². The van der Waals surface area contributed by atoms with Crippen molar-refractivity contribution in [2.24, 2.45) is 5.92 Å². The van der Waals surface area contributed by atoms with Gasteiger partial charge >= 0.3 is 5.97 Å². The zero-order valence-corrected chi connectivity index (χ0v) is 19.5. The lowest BCUT2D eigenvalue weighted by Crippen LogP contribution is -2.40. The second-order valence-corrected chi connectivity index (χ2v) is 9.00. The van der Waals surface area contributed by atoms with Crippen LogP contribution >= 0.6 is 0 Å². The van der Waals surface area contributed by atoms with Crippen LogP contribution in [-0.2, 0) is 14.3 Å². The summed E-state index contributed by atoms with van der Waals surface area (Å²) < 4.78 is 18.6. The fraction of sp³-hybridized carbons (Fsp3) is 0.444. The first-order valence-electron chi connectivity index (χ1n) is 12.1. The summed E-state index contributed by atoms with van der Waals surface area (Å²) in [6, 6.07) is 13.6. The molecule has 2 aromatic carbocycles. The number of nitrogens with zero attached hydrogens (tertiary/aromatic N) is 2. The van der Waals surface area contributed by atoms with Crippen LogP contribution in [0.5, 0.6) is 0 Å². The molecule has 7 heteroatoms. The molecule has 2 heterocycles. The first-order chi connectivity index (χ1) is 16.5. The molecule has 0 N–H and O–H groups in total. The predicted molar refractivity (Wildman–Crippen MR) is 127 cm³/mol. The van der Waals surface area contributed by atoms with Crippen LogP contribution in [0.2, 0.25) is 0 Å². The predicted octanol–water partition coefficient (Wildman–Crippen LogP) is 4.54. The highest BCUT2D eigenvalue weighted by Crippen LogP contribution is 2.36. The van der Waals surface area contributed by atoms with Gasteiger partial charge < -0.3 is 14.5 Å². The molecule has 2 fully saturated rings. The van der Waals surface area contributed by atoms with Gasteiger partial charge in [0.2, 0.25) is 5.91 Å². The van der Waals surface area contributed by atoms with Gasteiger partial charge in [-0.3, -0.25) is 14.4 Å². The van der Waals surface area contributed by atoms with Crippen molar-refractivity contribution in [2.45, 2.75) is 44.9 Å². The van der Waals surface area contributed by atoms with E-state index in [1.165, 1.54) is 12.1 Å². The van der Waals surface area contributed by atoms with Gasteiger partial charge in [0.1, 0.15) is 5.82 Å². The van der Waals surface area contributed by atoms with Crippen molar-refractivity contribution >= 4 is 23.5 Å². The average molecular weight is 467 g/mol. The minimum atomic E-state index is -0.308. The van der Waals surface area contributed by atoms with Gasteiger partial charge in [0, 0.05) is 37.3 Å². The summed E-state index contributed by atoms with van der Waals surface area (Å²) in [5.74, 6) is -0.413. The van der Waals surface area contributed by atoms with E-state index in [1.807, 2.05) is 17.0 Å². The number of benzene rings is 2. The molecule has 2 aliphatic heterocycles. The van der Waals surface area contributed by atoms with Gasteiger partial charge in [-0.1, -0.05) is 18.2 Å². The Morgan fingerprint density at radius 1 is 1.09 bits per heavy atom. The number of esters is 1. The molecule has 34 heavy (non-hydrogen) atoms. The van der Waals surface area contributed by atoms with Gasteiger partial charge in [-0.15, -0.1) is 0 Å². The highest BCUT2D eigenvalue weighted by molar-refractivity contribution is 5.99. The highest BCUT2D eigenvalue weighted by Gasteiger charge is 2.32. The summed E-state index contributed by atoms with van der Waals surface area (Å²) >= 11 is 0. The van der Waals surface area contributed by atoms with E-state index in [4.69, 9.17) is 4.74 Å². The zero-order chi connectivity index (χ0) is 24.1. The minimum absolute atomic E-state index is 0.0457. The summed E-state index contributed by atoms with van der Waals surface area (Å²) in [5, 5.41) is 0. The lowest BCUT2D eigenvalue weighted by atomic mass is 9.78. The molecule has 0 spiro atoms. The SMILES string of the molecule is CCOC(=O)CC(c1ccc(F)cc1)C1CCN(C(=O)c2cccc(N3CCCC3=O)c2)CC1. The van der Waals surface area contributed by atoms with Crippen LogP contribution in [-0.4, -0.2) is 48.9 Å². The number of rotatable bonds is 7. The molecule has 2 saturated heterocycles. The number of anilines is 1. The number of ether oxygens (including phenoxy) is 1. The molecule has 0 aliphatic carbocycles. The molecule has 0 radical (unpaired) electrons. The average Bonchev–Trinajstić information content (AvgIpc) is 3.29. The van der Waals surface area contributed by atoms with Gasteiger partial charge in [0.15, 0.2) is 0 Å². The molecule has 2 aliphatic rings. The van der Waals surface area contributed by atoms with Crippen molar-refractivity contribution in [3.8, 4) is 0 Å². The lowest BCUT2D eigenvalue weighted by Gasteiger charge is -2.36. The monoisotopic (exact) mass is 466 g/mol. The first-order valence-corrected chi connectivity index (χ1v) is 12.1. The molecule has 1 unspecified atom stereocenters. The zero-order valence-electron chi connectivity index (χ0n) is 19.5. The molecular weight excluding hydrogens is 435 g/mol. The summed E-state index contributed by atoms with van der Waals surface area (Å²) in [5.41, 5.74) is 2.27. The third-order valence-electron chi connectivity index (χ3n) is 6.86. The second-order valence-electron chi connectivity index (χ2n) is 9.00. The third-order valence-corrected chi connectivity index (χ3v) is 6.86. The summed E-state index contributed by atoms with van der Waals surface area (Å²) in [4.78, 5) is 41.1.